The summed E-state index contributed by atoms with van der Waals surface area (Å²) in [5, 5.41) is 23.3. The second-order valence-electron chi connectivity index (χ2n) is 8.54. The first-order valence-corrected chi connectivity index (χ1v) is 13.1. The highest BCUT2D eigenvalue weighted by molar-refractivity contribution is 7.90. The van der Waals surface area contributed by atoms with E-state index >= 15 is 0 Å². The normalized spacial score (nSPS) is 16.9. The van der Waals surface area contributed by atoms with Gasteiger partial charge in [-0.05, 0) is 49.2 Å². The molecule has 2 N–H and O–H groups in total. The predicted octanol–water partition coefficient (Wildman–Crippen LogP) is 3.65. The lowest BCUT2D eigenvalue weighted by Crippen LogP contribution is -2.28. The summed E-state index contributed by atoms with van der Waals surface area (Å²) in [5.74, 6) is -2.62. The number of hydrogen-bond donors (Lipinski definition) is 2. The van der Waals surface area contributed by atoms with E-state index in [9.17, 15) is 22.8 Å². The van der Waals surface area contributed by atoms with Gasteiger partial charge in [0.15, 0.2) is 15.5 Å². The quantitative estimate of drug-likeness (QED) is 0.458. The number of aliphatic carboxylic acids is 2. The first kappa shape index (κ1) is 27.3. The zero-order valence-electron chi connectivity index (χ0n) is 20.4. The summed E-state index contributed by atoms with van der Waals surface area (Å²) >= 11 is 0. The molecule has 1 heterocycles. The molecule has 0 bridgehead atoms. The molecule has 1 unspecified atom stereocenters. The summed E-state index contributed by atoms with van der Waals surface area (Å²) in [6.07, 6.45) is 7.01. The third kappa shape index (κ3) is 6.12. The van der Waals surface area contributed by atoms with E-state index in [1.165, 1.54) is 42.1 Å². The van der Waals surface area contributed by atoms with Gasteiger partial charge in [-0.2, -0.15) is 5.10 Å². The summed E-state index contributed by atoms with van der Waals surface area (Å²) in [7, 11) is -3.52. The van der Waals surface area contributed by atoms with E-state index in [4.69, 9.17) is 14.9 Å². The maximum absolute atomic E-state index is 12.2. The molecule has 37 heavy (non-hydrogen) atoms. The summed E-state index contributed by atoms with van der Waals surface area (Å²) in [6, 6.07) is 12.2. The maximum Gasteiger partial charge on any atom is 0.357 e. The number of carbonyl (C=O) groups excluding carboxylic acids is 1. The third-order valence-electron chi connectivity index (χ3n) is 5.66. The van der Waals surface area contributed by atoms with Crippen LogP contribution in [0.25, 0.3) is 16.5 Å². The highest BCUT2D eigenvalue weighted by atomic mass is 32.2. The number of nitrogens with zero attached hydrogens (tertiary/aromatic N) is 2. The molecule has 1 aliphatic rings. The van der Waals surface area contributed by atoms with E-state index in [2.05, 4.69) is 5.10 Å². The minimum atomic E-state index is -3.52. The van der Waals surface area contributed by atoms with E-state index in [1.807, 2.05) is 24.3 Å². The SMILES string of the molecule is CC1(C(=O)O)C=CC=C(C(=O)O)C1.CCOC(=O)c1ccnn1-c1cc2ccccc2cc1S(C)(=O)=O. The number of sulfone groups is 1. The number of fused-ring (bicyclic) bond motifs is 1. The lowest BCUT2D eigenvalue weighted by Gasteiger charge is -2.23. The highest BCUT2D eigenvalue weighted by Gasteiger charge is 2.34. The van der Waals surface area contributed by atoms with Crippen LogP contribution in [0.1, 0.15) is 30.8 Å². The van der Waals surface area contributed by atoms with Gasteiger partial charge >= 0.3 is 17.9 Å². The van der Waals surface area contributed by atoms with Gasteiger partial charge in [0.1, 0.15) is 0 Å². The number of carboxylic acid groups (broad SMARTS) is 2. The Labute approximate surface area is 213 Å². The Hall–Kier alpha value is -4.25. The summed E-state index contributed by atoms with van der Waals surface area (Å²) in [5.41, 5.74) is -0.448. The number of carboxylic acids is 2. The van der Waals surface area contributed by atoms with Gasteiger partial charge in [-0.25, -0.2) is 22.7 Å². The predicted molar refractivity (Wildman–Crippen MR) is 135 cm³/mol. The van der Waals surface area contributed by atoms with Crippen molar-refractivity contribution in [2.24, 2.45) is 5.41 Å². The maximum atomic E-state index is 12.2. The molecule has 4 rings (SSSR count). The van der Waals surface area contributed by atoms with Gasteiger partial charge in [0.25, 0.3) is 0 Å². The topological polar surface area (TPSA) is 153 Å². The minimum Gasteiger partial charge on any atom is -0.481 e. The fourth-order valence-corrected chi connectivity index (χ4v) is 4.58. The van der Waals surface area contributed by atoms with E-state index in [-0.39, 0.29) is 29.2 Å². The van der Waals surface area contributed by atoms with Gasteiger partial charge in [0.2, 0.25) is 0 Å². The molecule has 2 aromatic carbocycles. The zero-order valence-corrected chi connectivity index (χ0v) is 21.2. The number of hydrogen-bond acceptors (Lipinski definition) is 7. The van der Waals surface area contributed by atoms with Crippen LogP contribution in [-0.4, -0.2) is 59.2 Å². The fourth-order valence-electron chi connectivity index (χ4n) is 3.71. The summed E-state index contributed by atoms with van der Waals surface area (Å²) in [6.45, 7) is 3.43. The molecule has 0 spiro atoms. The van der Waals surface area contributed by atoms with Crippen molar-refractivity contribution in [1.29, 1.82) is 0 Å². The molecule has 0 saturated carbocycles. The Kier molecular flexibility index (Phi) is 7.97. The molecule has 1 atom stereocenters. The molecule has 0 amide bonds. The van der Waals surface area contributed by atoms with Gasteiger partial charge in [-0.1, -0.05) is 42.5 Å². The van der Waals surface area contributed by atoms with E-state index < -0.39 is 33.2 Å². The summed E-state index contributed by atoms with van der Waals surface area (Å²) < 4.78 is 30.8. The standard InChI is InChI=1S/C17H16N2O4S.C9H10O4/c1-3-23-17(20)14-8-9-18-19(14)15-10-12-6-4-5-7-13(12)11-16(15)24(2,21)22;1-9(8(12)13)4-2-3-6(5-9)7(10)11/h4-11H,3H2,1-2H3;2-4H,5H2,1H3,(H,10,11)(H,12,13). The average molecular weight is 527 g/mol. The van der Waals surface area contributed by atoms with Crippen LogP contribution in [0.15, 0.2) is 77.4 Å². The van der Waals surface area contributed by atoms with Crippen molar-refractivity contribution < 1.29 is 37.8 Å². The number of carbonyl (C=O) groups is 3. The largest absolute Gasteiger partial charge is 0.481 e. The van der Waals surface area contributed by atoms with Crippen molar-refractivity contribution in [3.8, 4) is 5.69 Å². The lowest BCUT2D eigenvalue weighted by molar-refractivity contribution is -0.145. The van der Waals surface area contributed by atoms with Crippen LogP contribution in [0.5, 0.6) is 0 Å². The molecule has 1 aromatic heterocycles. The zero-order chi connectivity index (χ0) is 27.4. The Morgan fingerprint density at radius 2 is 1.76 bits per heavy atom. The number of ether oxygens (including phenoxy) is 1. The molecule has 10 nitrogen and oxygen atoms in total. The molecule has 0 fully saturated rings. The highest BCUT2D eigenvalue weighted by Crippen LogP contribution is 2.31. The van der Waals surface area contributed by atoms with E-state index in [0.29, 0.717) is 5.69 Å². The second kappa shape index (κ2) is 10.8. The van der Waals surface area contributed by atoms with Crippen molar-refractivity contribution in [3.05, 3.63) is 78.2 Å². The molecule has 194 valence electrons. The van der Waals surface area contributed by atoms with Crippen LogP contribution >= 0.6 is 0 Å². The second-order valence-corrected chi connectivity index (χ2v) is 10.5. The molecular formula is C26H26N2O8S. The van der Waals surface area contributed by atoms with Gasteiger partial charge in [0.05, 0.1) is 28.8 Å². The summed E-state index contributed by atoms with van der Waals surface area (Å²) in [4.78, 5) is 33.5. The van der Waals surface area contributed by atoms with Crippen molar-refractivity contribution in [3.63, 3.8) is 0 Å². The van der Waals surface area contributed by atoms with Gasteiger partial charge in [-0.3, -0.25) is 4.79 Å². The number of benzene rings is 2. The molecule has 0 aliphatic heterocycles. The van der Waals surface area contributed by atoms with Crippen LogP contribution in [0, 0.1) is 5.41 Å². The van der Waals surface area contributed by atoms with Crippen LogP contribution < -0.4 is 0 Å². The smallest absolute Gasteiger partial charge is 0.357 e. The Balaban J connectivity index is 0.000000248. The molecule has 0 saturated heterocycles. The van der Waals surface area contributed by atoms with Crippen LogP contribution in [0.4, 0.5) is 0 Å². The lowest BCUT2D eigenvalue weighted by atomic mass is 9.80. The number of allylic oxidation sites excluding steroid dienone is 2. The van der Waals surface area contributed by atoms with Crippen LogP contribution in [-0.2, 0) is 24.2 Å². The fraction of sp³-hybridized carbons (Fsp3) is 0.231. The first-order valence-electron chi connectivity index (χ1n) is 11.2. The van der Waals surface area contributed by atoms with Crippen molar-refractivity contribution >= 4 is 38.5 Å². The third-order valence-corrected chi connectivity index (χ3v) is 6.79. The van der Waals surface area contributed by atoms with Crippen LogP contribution in [0.3, 0.4) is 0 Å². The van der Waals surface area contributed by atoms with Crippen molar-refractivity contribution in [1.82, 2.24) is 9.78 Å². The molecule has 3 aromatic rings. The Morgan fingerprint density at radius 1 is 1.11 bits per heavy atom. The van der Waals surface area contributed by atoms with Crippen LogP contribution in [0.2, 0.25) is 0 Å². The number of aromatic nitrogens is 2. The van der Waals surface area contributed by atoms with Gasteiger partial charge in [0, 0.05) is 11.8 Å². The molecule has 0 radical (unpaired) electrons. The Morgan fingerprint density at radius 3 is 2.32 bits per heavy atom. The molecule has 11 heteroatoms. The van der Waals surface area contributed by atoms with Gasteiger partial charge in [-0.15, -0.1) is 0 Å². The molecule has 1 aliphatic carbocycles. The monoisotopic (exact) mass is 526 g/mol. The average Bonchev–Trinajstić information content (AvgIpc) is 3.33. The van der Waals surface area contributed by atoms with E-state index in [1.54, 1.807) is 19.1 Å². The number of esters is 1. The van der Waals surface area contributed by atoms with Crippen molar-refractivity contribution in [2.75, 3.05) is 12.9 Å². The first-order chi connectivity index (χ1) is 17.4. The number of rotatable bonds is 6. The van der Waals surface area contributed by atoms with Crippen molar-refractivity contribution in [2.45, 2.75) is 25.2 Å². The minimum absolute atomic E-state index is 0.0359. The Bertz CT molecular complexity index is 1530. The van der Waals surface area contributed by atoms with Gasteiger partial charge < -0.3 is 14.9 Å². The van der Waals surface area contributed by atoms with E-state index in [0.717, 1.165) is 17.0 Å². The molecular weight excluding hydrogens is 500 g/mol.